The third kappa shape index (κ3) is 1.85. The van der Waals surface area contributed by atoms with Crippen molar-refractivity contribution in [2.45, 2.75) is 6.92 Å². The lowest BCUT2D eigenvalue weighted by atomic mass is 10.1. The number of hydrogen-bond donors (Lipinski definition) is 1. The Balaban J connectivity index is 2.55. The number of amidine groups is 1. The Morgan fingerprint density at radius 3 is 2.61 bits per heavy atom. The molecule has 0 saturated heterocycles. The van der Waals surface area contributed by atoms with Gasteiger partial charge in [0.05, 0.1) is 0 Å². The fourth-order valence-electron chi connectivity index (χ4n) is 1.54. The molecular weight excluding hydrogens is 242 g/mol. The molecule has 4 nitrogen and oxygen atoms in total. The van der Waals surface area contributed by atoms with Gasteiger partial charge in [0, 0.05) is 18.7 Å². The normalized spacial score (nSPS) is 18.1. The van der Waals surface area contributed by atoms with E-state index in [4.69, 9.17) is 5.11 Å². The first-order valence-electron chi connectivity index (χ1n) is 5.14. The number of halogens is 2. The van der Waals surface area contributed by atoms with E-state index in [1.54, 1.807) is 6.92 Å². The predicted molar refractivity (Wildman–Crippen MR) is 62.0 cm³/mol. The van der Waals surface area contributed by atoms with E-state index in [2.05, 4.69) is 4.99 Å². The van der Waals surface area contributed by atoms with Crippen LogP contribution in [-0.2, 0) is 4.79 Å². The van der Waals surface area contributed by atoms with Gasteiger partial charge in [-0.15, -0.1) is 0 Å². The molecule has 0 fully saturated rings. The van der Waals surface area contributed by atoms with Crippen molar-refractivity contribution < 1.29 is 18.7 Å². The van der Waals surface area contributed by atoms with Gasteiger partial charge in [-0.1, -0.05) is 0 Å². The Bertz CT molecular complexity index is 594. The molecule has 0 unspecified atom stereocenters. The number of carbonyl (C=O) groups is 1. The molecule has 6 heteroatoms. The minimum absolute atomic E-state index is 0.316. The number of amides is 1. The van der Waals surface area contributed by atoms with Crippen molar-refractivity contribution in [1.82, 2.24) is 4.90 Å². The standard InChI is InChI=1S/C12H10F2N2O2/c1-6-15-11(12(18)16(6)2)10(14)8-4-3-7(17)5-9(8)13/h3-5,17H,1-2H3. The first-order chi connectivity index (χ1) is 8.41. The van der Waals surface area contributed by atoms with Gasteiger partial charge < -0.3 is 5.11 Å². The van der Waals surface area contributed by atoms with Crippen LogP contribution in [-0.4, -0.2) is 28.8 Å². The molecular formula is C12H10F2N2O2. The Morgan fingerprint density at radius 1 is 1.44 bits per heavy atom. The molecule has 1 heterocycles. The van der Waals surface area contributed by atoms with E-state index in [-0.39, 0.29) is 5.75 Å². The highest BCUT2D eigenvalue weighted by atomic mass is 19.1. The summed E-state index contributed by atoms with van der Waals surface area (Å²) in [6.45, 7) is 1.55. The van der Waals surface area contributed by atoms with Gasteiger partial charge in [-0.3, -0.25) is 9.69 Å². The molecule has 1 aromatic carbocycles. The lowest BCUT2D eigenvalue weighted by molar-refractivity contribution is -0.121. The molecule has 18 heavy (non-hydrogen) atoms. The maximum Gasteiger partial charge on any atom is 0.280 e. The van der Waals surface area contributed by atoms with E-state index in [1.165, 1.54) is 11.9 Å². The van der Waals surface area contributed by atoms with Crippen molar-refractivity contribution in [3.05, 3.63) is 35.3 Å². The van der Waals surface area contributed by atoms with E-state index in [9.17, 15) is 13.6 Å². The minimum Gasteiger partial charge on any atom is -0.508 e. The molecule has 94 valence electrons. The smallest absolute Gasteiger partial charge is 0.280 e. The largest absolute Gasteiger partial charge is 0.508 e. The Hall–Kier alpha value is -2.24. The topological polar surface area (TPSA) is 52.9 Å². The van der Waals surface area contributed by atoms with Crippen molar-refractivity contribution in [2.75, 3.05) is 7.05 Å². The van der Waals surface area contributed by atoms with Crippen LogP contribution in [0.1, 0.15) is 12.5 Å². The SMILES string of the molecule is CC1=NC(=C(F)c2ccc(O)cc2F)C(=O)N1C. The first kappa shape index (κ1) is 12.2. The van der Waals surface area contributed by atoms with Crippen LogP contribution < -0.4 is 0 Å². The number of benzene rings is 1. The summed E-state index contributed by atoms with van der Waals surface area (Å²) in [5.41, 5.74) is -0.831. The van der Waals surface area contributed by atoms with E-state index in [0.717, 1.165) is 18.2 Å². The van der Waals surface area contributed by atoms with Crippen LogP contribution >= 0.6 is 0 Å². The number of likely N-dealkylation sites (N-methyl/N-ethyl adjacent to an activating group) is 1. The average Bonchev–Trinajstić information content (AvgIpc) is 2.56. The van der Waals surface area contributed by atoms with Gasteiger partial charge in [0.25, 0.3) is 5.91 Å². The predicted octanol–water partition coefficient (Wildman–Crippen LogP) is 2.06. The fraction of sp³-hybridized carbons (Fsp3) is 0.167. The van der Waals surface area contributed by atoms with Crippen molar-refractivity contribution in [1.29, 1.82) is 0 Å². The molecule has 0 bridgehead atoms. The van der Waals surface area contributed by atoms with E-state index < -0.39 is 28.8 Å². The molecule has 0 aliphatic carbocycles. The monoisotopic (exact) mass is 252 g/mol. The molecule has 1 aromatic rings. The van der Waals surface area contributed by atoms with Crippen molar-refractivity contribution in [3.63, 3.8) is 0 Å². The maximum atomic E-state index is 14.0. The molecule has 0 saturated carbocycles. The number of hydrogen-bond acceptors (Lipinski definition) is 3. The van der Waals surface area contributed by atoms with Crippen LogP contribution in [0, 0.1) is 5.82 Å². The third-order valence-electron chi connectivity index (χ3n) is 2.66. The summed E-state index contributed by atoms with van der Waals surface area (Å²) in [5, 5.41) is 9.04. The average molecular weight is 252 g/mol. The number of rotatable bonds is 1. The van der Waals surface area contributed by atoms with Crippen LogP contribution in [0.2, 0.25) is 0 Å². The highest BCUT2D eigenvalue weighted by Crippen LogP contribution is 2.29. The van der Waals surface area contributed by atoms with Gasteiger partial charge in [0.2, 0.25) is 0 Å². The number of nitrogens with zero attached hydrogens (tertiary/aromatic N) is 2. The molecule has 0 aromatic heterocycles. The van der Waals surface area contributed by atoms with E-state index >= 15 is 0 Å². The van der Waals surface area contributed by atoms with E-state index in [0.29, 0.717) is 5.84 Å². The zero-order chi connectivity index (χ0) is 13.4. The molecule has 1 amide bonds. The van der Waals surface area contributed by atoms with Gasteiger partial charge in [-0.25, -0.2) is 13.8 Å². The summed E-state index contributed by atoms with van der Waals surface area (Å²) < 4.78 is 27.5. The number of aliphatic imine (C=N–C) groups is 1. The van der Waals surface area contributed by atoms with Gasteiger partial charge in [-0.05, 0) is 19.1 Å². The summed E-state index contributed by atoms with van der Waals surface area (Å²) in [7, 11) is 1.45. The highest BCUT2D eigenvalue weighted by Gasteiger charge is 2.29. The maximum absolute atomic E-state index is 14.0. The Labute approximate surface area is 102 Å². The second-order valence-corrected chi connectivity index (χ2v) is 3.85. The number of phenolic OH excluding ortho intramolecular Hbond substituents is 1. The Morgan fingerprint density at radius 2 is 2.11 bits per heavy atom. The van der Waals surface area contributed by atoms with Crippen LogP contribution in [0.5, 0.6) is 5.75 Å². The second-order valence-electron chi connectivity index (χ2n) is 3.85. The van der Waals surface area contributed by atoms with Gasteiger partial charge in [0.15, 0.2) is 11.5 Å². The van der Waals surface area contributed by atoms with Crippen molar-refractivity contribution in [2.24, 2.45) is 4.99 Å². The molecule has 0 atom stereocenters. The summed E-state index contributed by atoms with van der Waals surface area (Å²) in [4.78, 5) is 16.6. The first-order valence-corrected chi connectivity index (χ1v) is 5.14. The van der Waals surface area contributed by atoms with Crippen molar-refractivity contribution >= 4 is 17.6 Å². The van der Waals surface area contributed by atoms with Gasteiger partial charge in [-0.2, -0.15) is 0 Å². The molecule has 1 aliphatic heterocycles. The summed E-state index contributed by atoms with van der Waals surface area (Å²) in [5.74, 6) is -2.60. The molecule has 0 spiro atoms. The van der Waals surface area contributed by atoms with Gasteiger partial charge >= 0.3 is 0 Å². The molecule has 2 rings (SSSR count). The highest BCUT2D eigenvalue weighted by molar-refractivity contribution is 6.14. The Kier molecular flexibility index (Phi) is 2.86. The van der Waals surface area contributed by atoms with E-state index in [1.807, 2.05) is 0 Å². The van der Waals surface area contributed by atoms with Crippen molar-refractivity contribution in [3.8, 4) is 5.75 Å². The van der Waals surface area contributed by atoms with Crippen LogP contribution in [0.15, 0.2) is 28.9 Å². The van der Waals surface area contributed by atoms with Crippen LogP contribution in [0.3, 0.4) is 0 Å². The molecule has 0 radical (unpaired) electrons. The summed E-state index contributed by atoms with van der Waals surface area (Å²) >= 11 is 0. The number of phenols is 1. The lowest BCUT2D eigenvalue weighted by Gasteiger charge is -2.07. The summed E-state index contributed by atoms with van der Waals surface area (Å²) in [6.07, 6.45) is 0. The summed E-state index contributed by atoms with van der Waals surface area (Å²) in [6, 6.07) is 2.97. The number of aromatic hydroxyl groups is 1. The zero-order valence-electron chi connectivity index (χ0n) is 9.74. The second kappa shape index (κ2) is 4.21. The van der Waals surface area contributed by atoms with Crippen LogP contribution in [0.4, 0.5) is 8.78 Å². The molecule has 1 aliphatic rings. The quantitative estimate of drug-likeness (QED) is 0.778. The lowest BCUT2D eigenvalue weighted by Crippen LogP contribution is -2.25. The molecule has 1 N–H and O–H groups in total. The third-order valence-corrected chi connectivity index (χ3v) is 2.66. The zero-order valence-corrected chi connectivity index (χ0v) is 9.74. The fourth-order valence-corrected chi connectivity index (χ4v) is 1.54. The number of carbonyl (C=O) groups excluding carboxylic acids is 1. The minimum atomic E-state index is -1.04. The van der Waals surface area contributed by atoms with Crippen LogP contribution in [0.25, 0.3) is 5.83 Å². The van der Waals surface area contributed by atoms with Gasteiger partial charge in [0.1, 0.15) is 17.4 Å².